The van der Waals surface area contributed by atoms with Crippen molar-refractivity contribution in [1.82, 2.24) is 9.55 Å². The largest absolute Gasteiger partial charge is 0.334 e. The van der Waals surface area contributed by atoms with Crippen molar-refractivity contribution in [3.05, 3.63) is 18.2 Å². The molecule has 1 saturated carbocycles. The van der Waals surface area contributed by atoms with Crippen LogP contribution >= 0.6 is 0 Å². The van der Waals surface area contributed by atoms with Gasteiger partial charge in [0.1, 0.15) is 5.82 Å². The number of imidazole rings is 1. The summed E-state index contributed by atoms with van der Waals surface area (Å²) in [5, 5.41) is 0. The molecule has 0 aromatic carbocycles. The first kappa shape index (κ1) is 8.79. The summed E-state index contributed by atoms with van der Waals surface area (Å²) in [6.45, 7) is 7.84. The molecule has 0 radical (unpaired) electrons. The maximum Gasteiger partial charge on any atom is 0.114 e. The first-order valence-electron chi connectivity index (χ1n) is 5.09. The third-order valence-corrected chi connectivity index (χ3v) is 2.54. The van der Waals surface area contributed by atoms with Gasteiger partial charge in [0.15, 0.2) is 0 Å². The molecule has 0 unspecified atom stereocenters. The molecule has 2 heteroatoms. The Kier molecular flexibility index (Phi) is 1.94. The lowest BCUT2D eigenvalue weighted by Crippen LogP contribution is -2.19. The molecule has 1 heterocycles. The Morgan fingerprint density at radius 3 is 2.69 bits per heavy atom. The van der Waals surface area contributed by atoms with E-state index < -0.39 is 0 Å². The molecule has 0 amide bonds. The Bertz CT molecular complexity index is 289. The van der Waals surface area contributed by atoms with Crippen LogP contribution in [0.25, 0.3) is 0 Å². The van der Waals surface area contributed by atoms with Gasteiger partial charge in [0.2, 0.25) is 0 Å². The summed E-state index contributed by atoms with van der Waals surface area (Å²) in [5.74, 6) is 2.15. The van der Waals surface area contributed by atoms with Crippen molar-refractivity contribution in [2.24, 2.45) is 5.92 Å². The van der Waals surface area contributed by atoms with E-state index in [1.807, 2.05) is 6.20 Å². The molecule has 0 saturated heterocycles. The van der Waals surface area contributed by atoms with Gasteiger partial charge >= 0.3 is 0 Å². The van der Waals surface area contributed by atoms with E-state index in [2.05, 4.69) is 36.5 Å². The van der Waals surface area contributed by atoms with Crippen LogP contribution in [0.5, 0.6) is 0 Å². The summed E-state index contributed by atoms with van der Waals surface area (Å²) in [6.07, 6.45) is 6.84. The van der Waals surface area contributed by atoms with Crippen molar-refractivity contribution in [3.8, 4) is 0 Å². The standard InChI is InChI=1S/C11H18N2/c1-11(2,3)10-12-6-7-13(10)8-9-4-5-9/h6-7,9H,4-5,8H2,1-3H3. The minimum atomic E-state index is 0.179. The molecule has 1 aliphatic carbocycles. The van der Waals surface area contributed by atoms with E-state index in [0.717, 1.165) is 5.92 Å². The predicted molar refractivity (Wildman–Crippen MR) is 53.7 cm³/mol. The summed E-state index contributed by atoms with van der Waals surface area (Å²) in [7, 11) is 0. The van der Waals surface area contributed by atoms with Crippen LogP contribution in [0.2, 0.25) is 0 Å². The Morgan fingerprint density at radius 1 is 1.46 bits per heavy atom. The molecule has 72 valence electrons. The highest BCUT2D eigenvalue weighted by Crippen LogP contribution is 2.32. The highest BCUT2D eigenvalue weighted by atomic mass is 15.1. The first-order chi connectivity index (χ1) is 6.07. The molecule has 1 fully saturated rings. The Morgan fingerprint density at radius 2 is 2.15 bits per heavy atom. The molecule has 1 aromatic rings. The summed E-state index contributed by atoms with van der Waals surface area (Å²) < 4.78 is 2.32. The molecule has 2 nitrogen and oxygen atoms in total. The number of hydrogen-bond donors (Lipinski definition) is 0. The van der Waals surface area contributed by atoms with Gasteiger partial charge in [-0.05, 0) is 18.8 Å². The number of rotatable bonds is 2. The van der Waals surface area contributed by atoms with Gasteiger partial charge in [-0.1, -0.05) is 20.8 Å². The van der Waals surface area contributed by atoms with Crippen molar-refractivity contribution in [1.29, 1.82) is 0 Å². The monoisotopic (exact) mass is 178 g/mol. The van der Waals surface area contributed by atoms with Crippen molar-refractivity contribution in [2.45, 2.75) is 45.6 Å². The minimum absolute atomic E-state index is 0.179. The van der Waals surface area contributed by atoms with E-state index in [-0.39, 0.29) is 5.41 Å². The summed E-state index contributed by atoms with van der Waals surface area (Å²) in [4.78, 5) is 4.43. The minimum Gasteiger partial charge on any atom is -0.334 e. The van der Waals surface area contributed by atoms with Gasteiger partial charge in [-0.3, -0.25) is 0 Å². The molecular formula is C11H18N2. The fourth-order valence-corrected chi connectivity index (χ4v) is 1.68. The molecule has 0 N–H and O–H groups in total. The quantitative estimate of drug-likeness (QED) is 0.680. The second kappa shape index (κ2) is 2.86. The zero-order valence-electron chi connectivity index (χ0n) is 8.75. The van der Waals surface area contributed by atoms with E-state index in [4.69, 9.17) is 0 Å². The highest BCUT2D eigenvalue weighted by molar-refractivity contribution is 5.05. The van der Waals surface area contributed by atoms with Crippen molar-refractivity contribution < 1.29 is 0 Å². The molecule has 2 rings (SSSR count). The van der Waals surface area contributed by atoms with Gasteiger partial charge < -0.3 is 4.57 Å². The van der Waals surface area contributed by atoms with Crippen LogP contribution in [-0.2, 0) is 12.0 Å². The van der Waals surface area contributed by atoms with Gasteiger partial charge in [-0.2, -0.15) is 0 Å². The topological polar surface area (TPSA) is 17.8 Å². The molecule has 13 heavy (non-hydrogen) atoms. The maximum absolute atomic E-state index is 4.43. The average Bonchev–Trinajstić information content (AvgIpc) is 2.63. The summed E-state index contributed by atoms with van der Waals surface area (Å²) >= 11 is 0. The second-order valence-electron chi connectivity index (χ2n) is 5.10. The Hall–Kier alpha value is -0.790. The fraction of sp³-hybridized carbons (Fsp3) is 0.727. The third kappa shape index (κ3) is 1.93. The average molecular weight is 178 g/mol. The van der Waals surface area contributed by atoms with Gasteiger partial charge in [0.25, 0.3) is 0 Å². The van der Waals surface area contributed by atoms with E-state index >= 15 is 0 Å². The van der Waals surface area contributed by atoms with Gasteiger partial charge in [0, 0.05) is 24.4 Å². The van der Waals surface area contributed by atoms with E-state index in [9.17, 15) is 0 Å². The second-order valence-corrected chi connectivity index (χ2v) is 5.10. The number of hydrogen-bond acceptors (Lipinski definition) is 1. The van der Waals surface area contributed by atoms with Crippen LogP contribution in [0.15, 0.2) is 12.4 Å². The zero-order chi connectivity index (χ0) is 9.47. The molecule has 0 spiro atoms. The molecule has 0 atom stereocenters. The summed E-state index contributed by atoms with van der Waals surface area (Å²) in [6, 6.07) is 0. The Labute approximate surface area is 80.0 Å². The molecule has 1 aliphatic rings. The van der Waals surface area contributed by atoms with Gasteiger partial charge in [-0.15, -0.1) is 0 Å². The Balaban J connectivity index is 2.19. The first-order valence-corrected chi connectivity index (χ1v) is 5.09. The van der Waals surface area contributed by atoms with E-state index in [0.29, 0.717) is 0 Å². The number of nitrogens with zero attached hydrogens (tertiary/aromatic N) is 2. The van der Waals surface area contributed by atoms with Gasteiger partial charge in [-0.25, -0.2) is 4.98 Å². The maximum atomic E-state index is 4.43. The fourth-order valence-electron chi connectivity index (χ4n) is 1.68. The molecule has 0 aliphatic heterocycles. The lowest BCUT2D eigenvalue weighted by atomic mass is 9.95. The molecule has 0 bridgehead atoms. The lowest BCUT2D eigenvalue weighted by molar-refractivity contribution is 0.484. The highest BCUT2D eigenvalue weighted by Gasteiger charge is 2.25. The van der Waals surface area contributed by atoms with Crippen molar-refractivity contribution in [2.75, 3.05) is 0 Å². The summed E-state index contributed by atoms with van der Waals surface area (Å²) in [5.41, 5.74) is 0.179. The van der Waals surface area contributed by atoms with E-state index in [1.54, 1.807) is 0 Å². The normalized spacial score (nSPS) is 17.8. The van der Waals surface area contributed by atoms with Crippen molar-refractivity contribution in [3.63, 3.8) is 0 Å². The van der Waals surface area contributed by atoms with Gasteiger partial charge in [0.05, 0.1) is 0 Å². The van der Waals surface area contributed by atoms with Crippen LogP contribution in [0, 0.1) is 5.92 Å². The van der Waals surface area contributed by atoms with Crippen LogP contribution in [0.1, 0.15) is 39.4 Å². The molecule has 1 aromatic heterocycles. The SMILES string of the molecule is CC(C)(C)c1nccn1CC1CC1. The van der Waals surface area contributed by atoms with Crippen LogP contribution in [-0.4, -0.2) is 9.55 Å². The lowest BCUT2D eigenvalue weighted by Gasteiger charge is -2.19. The molecular weight excluding hydrogens is 160 g/mol. The van der Waals surface area contributed by atoms with Crippen LogP contribution < -0.4 is 0 Å². The smallest absolute Gasteiger partial charge is 0.114 e. The predicted octanol–water partition coefficient (Wildman–Crippen LogP) is 2.59. The number of aromatic nitrogens is 2. The van der Waals surface area contributed by atoms with Crippen LogP contribution in [0.3, 0.4) is 0 Å². The van der Waals surface area contributed by atoms with E-state index in [1.165, 1.54) is 25.2 Å². The zero-order valence-corrected chi connectivity index (χ0v) is 8.75. The third-order valence-electron chi connectivity index (χ3n) is 2.54. The van der Waals surface area contributed by atoms with Crippen LogP contribution in [0.4, 0.5) is 0 Å². The van der Waals surface area contributed by atoms with Crippen molar-refractivity contribution >= 4 is 0 Å².